The van der Waals surface area contributed by atoms with Crippen LogP contribution in [0.15, 0.2) is 24.3 Å². The predicted molar refractivity (Wildman–Crippen MR) is 110 cm³/mol. The Kier molecular flexibility index (Phi) is 6.29. The molecule has 2 saturated heterocycles. The third kappa shape index (κ3) is 5.37. The highest BCUT2D eigenvalue weighted by molar-refractivity contribution is 7.91. The summed E-state index contributed by atoms with van der Waals surface area (Å²) in [7, 11) is -1.26. The Hall–Kier alpha value is -1.76. The molecule has 6 nitrogen and oxygen atoms in total. The Morgan fingerprint density at radius 3 is 2.44 bits per heavy atom. The summed E-state index contributed by atoms with van der Waals surface area (Å²) in [4.78, 5) is 16.3. The third-order valence-electron chi connectivity index (χ3n) is 5.83. The Labute approximate surface area is 162 Å². The zero-order chi connectivity index (χ0) is 19.4. The van der Waals surface area contributed by atoms with Gasteiger partial charge in [0.25, 0.3) is 0 Å². The van der Waals surface area contributed by atoms with Gasteiger partial charge in [0.05, 0.1) is 11.5 Å². The van der Waals surface area contributed by atoms with E-state index in [2.05, 4.69) is 41.4 Å². The largest absolute Gasteiger partial charge is 0.385 e. The van der Waals surface area contributed by atoms with Gasteiger partial charge in [-0.25, -0.2) is 8.42 Å². The van der Waals surface area contributed by atoms with Crippen LogP contribution < -0.4 is 10.2 Å². The molecule has 0 aliphatic carbocycles. The summed E-state index contributed by atoms with van der Waals surface area (Å²) < 4.78 is 23.1. The SMILES string of the molecule is CC1CCN(c2ccc(NCCC(=O)N(C)C3CCS(=O)(=O)C3)cc2)CC1. The number of carbonyl (C=O) groups excluding carboxylic acids is 1. The minimum absolute atomic E-state index is 0.0105. The van der Waals surface area contributed by atoms with Gasteiger partial charge in [-0.1, -0.05) is 6.92 Å². The minimum Gasteiger partial charge on any atom is -0.385 e. The monoisotopic (exact) mass is 393 g/mol. The summed E-state index contributed by atoms with van der Waals surface area (Å²) in [6.07, 6.45) is 3.41. The normalized spacial score (nSPS) is 22.6. The number of nitrogens with zero attached hydrogens (tertiary/aromatic N) is 2. The van der Waals surface area contributed by atoms with E-state index in [9.17, 15) is 13.2 Å². The van der Waals surface area contributed by atoms with Crippen molar-refractivity contribution < 1.29 is 13.2 Å². The smallest absolute Gasteiger partial charge is 0.224 e. The van der Waals surface area contributed by atoms with E-state index in [1.165, 1.54) is 18.5 Å². The van der Waals surface area contributed by atoms with Crippen molar-refractivity contribution in [1.82, 2.24) is 4.90 Å². The molecule has 150 valence electrons. The second-order valence-electron chi connectivity index (χ2n) is 7.95. The van der Waals surface area contributed by atoms with Crippen LogP contribution in [-0.2, 0) is 14.6 Å². The maximum Gasteiger partial charge on any atom is 0.224 e. The average molecular weight is 394 g/mol. The number of rotatable bonds is 6. The molecular weight excluding hydrogens is 362 g/mol. The molecule has 2 aliphatic heterocycles. The van der Waals surface area contributed by atoms with Crippen LogP contribution in [0.25, 0.3) is 0 Å². The van der Waals surface area contributed by atoms with E-state index >= 15 is 0 Å². The van der Waals surface area contributed by atoms with Gasteiger partial charge >= 0.3 is 0 Å². The number of anilines is 2. The van der Waals surface area contributed by atoms with E-state index in [-0.39, 0.29) is 23.5 Å². The first-order valence-corrected chi connectivity index (χ1v) is 11.7. The number of benzene rings is 1. The van der Waals surface area contributed by atoms with Crippen molar-refractivity contribution in [2.24, 2.45) is 5.92 Å². The van der Waals surface area contributed by atoms with E-state index in [0.717, 1.165) is 24.7 Å². The van der Waals surface area contributed by atoms with E-state index in [4.69, 9.17) is 0 Å². The Balaban J connectivity index is 1.43. The standard InChI is InChI=1S/C20H31N3O3S/c1-16-8-12-23(13-9-16)18-5-3-17(4-6-18)21-11-7-20(24)22(2)19-10-14-27(25,26)15-19/h3-6,16,19,21H,7-15H2,1-2H3. The molecule has 1 N–H and O–H groups in total. The molecule has 2 fully saturated rings. The van der Waals surface area contributed by atoms with Crippen molar-refractivity contribution in [2.75, 3.05) is 48.4 Å². The lowest BCUT2D eigenvalue weighted by molar-refractivity contribution is -0.131. The molecule has 27 heavy (non-hydrogen) atoms. The highest BCUT2D eigenvalue weighted by atomic mass is 32.2. The molecule has 0 radical (unpaired) electrons. The maximum atomic E-state index is 12.3. The van der Waals surface area contributed by atoms with Gasteiger partial charge in [0.1, 0.15) is 0 Å². The fraction of sp³-hybridized carbons (Fsp3) is 0.650. The van der Waals surface area contributed by atoms with Crippen LogP contribution in [0.1, 0.15) is 32.6 Å². The number of amides is 1. The molecule has 7 heteroatoms. The molecule has 1 aromatic rings. The maximum absolute atomic E-state index is 12.3. The summed E-state index contributed by atoms with van der Waals surface area (Å²) in [5, 5.41) is 3.29. The van der Waals surface area contributed by atoms with Crippen LogP contribution >= 0.6 is 0 Å². The highest BCUT2D eigenvalue weighted by Crippen LogP contribution is 2.24. The number of hydrogen-bond donors (Lipinski definition) is 1. The molecule has 0 bridgehead atoms. The Morgan fingerprint density at radius 1 is 1.19 bits per heavy atom. The summed E-state index contributed by atoms with van der Waals surface area (Å²) in [6.45, 7) is 5.09. The fourth-order valence-corrected chi connectivity index (χ4v) is 5.61. The number of hydrogen-bond acceptors (Lipinski definition) is 5. The van der Waals surface area contributed by atoms with Crippen LogP contribution in [0, 0.1) is 5.92 Å². The quantitative estimate of drug-likeness (QED) is 0.804. The van der Waals surface area contributed by atoms with Gasteiger partial charge < -0.3 is 15.1 Å². The number of nitrogens with one attached hydrogen (secondary N) is 1. The molecule has 0 saturated carbocycles. The van der Waals surface area contributed by atoms with Gasteiger partial charge in [-0.05, 0) is 49.4 Å². The lowest BCUT2D eigenvalue weighted by Gasteiger charge is -2.32. The molecule has 0 aromatic heterocycles. The third-order valence-corrected chi connectivity index (χ3v) is 7.58. The van der Waals surface area contributed by atoms with Crippen molar-refractivity contribution >= 4 is 27.1 Å². The van der Waals surface area contributed by atoms with Gasteiger partial charge in [-0.2, -0.15) is 0 Å². The minimum atomic E-state index is -2.97. The van der Waals surface area contributed by atoms with Crippen molar-refractivity contribution in [3.63, 3.8) is 0 Å². The summed E-state index contributed by atoms with van der Waals surface area (Å²) in [6, 6.07) is 8.22. The molecule has 3 rings (SSSR count). The van der Waals surface area contributed by atoms with Crippen LogP contribution in [0.4, 0.5) is 11.4 Å². The van der Waals surface area contributed by atoms with Crippen LogP contribution in [0.2, 0.25) is 0 Å². The van der Waals surface area contributed by atoms with Gasteiger partial charge in [0, 0.05) is 50.5 Å². The molecule has 0 spiro atoms. The lowest BCUT2D eigenvalue weighted by Crippen LogP contribution is -2.38. The van der Waals surface area contributed by atoms with E-state index in [1.807, 2.05) is 0 Å². The zero-order valence-electron chi connectivity index (χ0n) is 16.4. The van der Waals surface area contributed by atoms with Crippen molar-refractivity contribution in [3.05, 3.63) is 24.3 Å². The van der Waals surface area contributed by atoms with E-state index in [0.29, 0.717) is 19.4 Å². The Morgan fingerprint density at radius 2 is 1.85 bits per heavy atom. The highest BCUT2D eigenvalue weighted by Gasteiger charge is 2.32. The molecule has 1 atom stereocenters. The fourth-order valence-electron chi connectivity index (χ4n) is 3.83. The molecule has 1 amide bonds. The first-order chi connectivity index (χ1) is 12.8. The first kappa shape index (κ1) is 20.0. The molecule has 2 heterocycles. The molecule has 1 unspecified atom stereocenters. The summed E-state index contributed by atoms with van der Waals surface area (Å²) in [5.41, 5.74) is 2.26. The predicted octanol–water partition coefficient (Wildman–Crippen LogP) is 2.37. The second kappa shape index (κ2) is 8.50. The molecule has 1 aromatic carbocycles. The number of carbonyl (C=O) groups is 1. The van der Waals surface area contributed by atoms with Crippen molar-refractivity contribution in [1.29, 1.82) is 0 Å². The number of sulfone groups is 1. The average Bonchev–Trinajstić information content (AvgIpc) is 3.02. The summed E-state index contributed by atoms with van der Waals surface area (Å²) >= 11 is 0. The summed E-state index contributed by atoms with van der Waals surface area (Å²) in [5.74, 6) is 1.10. The van der Waals surface area contributed by atoms with Gasteiger partial charge in [0.2, 0.25) is 5.91 Å². The lowest BCUT2D eigenvalue weighted by atomic mass is 9.99. The zero-order valence-corrected chi connectivity index (χ0v) is 17.2. The van der Waals surface area contributed by atoms with Gasteiger partial charge in [0.15, 0.2) is 9.84 Å². The number of piperidine rings is 1. The molecule has 2 aliphatic rings. The van der Waals surface area contributed by atoms with Gasteiger partial charge in [-0.15, -0.1) is 0 Å². The topological polar surface area (TPSA) is 69.7 Å². The van der Waals surface area contributed by atoms with E-state index < -0.39 is 9.84 Å². The van der Waals surface area contributed by atoms with E-state index in [1.54, 1.807) is 11.9 Å². The second-order valence-corrected chi connectivity index (χ2v) is 10.2. The van der Waals surface area contributed by atoms with Crippen LogP contribution in [0.3, 0.4) is 0 Å². The van der Waals surface area contributed by atoms with Crippen molar-refractivity contribution in [2.45, 2.75) is 38.6 Å². The molecular formula is C20H31N3O3S. The van der Waals surface area contributed by atoms with Crippen molar-refractivity contribution in [3.8, 4) is 0 Å². The van der Waals surface area contributed by atoms with Crippen LogP contribution in [0.5, 0.6) is 0 Å². The van der Waals surface area contributed by atoms with Crippen LogP contribution in [-0.4, -0.2) is 63.5 Å². The Bertz CT molecular complexity index is 740. The van der Waals surface area contributed by atoms with Gasteiger partial charge in [-0.3, -0.25) is 4.79 Å². The first-order valence-electron chi connectivity index (χ1n) is 9.89.